The molecule has 5 heteroatoms. The van der Waals surface area contributed by atoms with Crippen LogP contribution in [-0.2, 0) is 0 Å². The Morgan fingerprint density at radius 2 is 1.73 bits per heavy atom. The highest BCUT2D eigenvalue weighted by molar-refractivity contribution is 5.74. The van der Waals surface area contributed by atoms with Crippen molar-refractivity contribution >= 4 is 6.03 Å². The van der Waals surface area contributed by atoms with Gasteiger partial charge in [0.25, 0.3) is 0 Å². The SMILES string of the molecule is CCCN(CCC)C(=O)NCCOc1cccc(OCC)c1. The molecule has 0 saturated heterocycles. The van der Waals surface area contributed by atoms with Crippen LogP contribution in [-0.4, -0.2) is 43.8 Å². The highest BCUT2D eigenvalue weighted by atomic mass is 16.5. The maximum absolute atomic E-state index is 12.0. The molecule has 0 aliphatic carbocycles. The third kappa shape index (κ3) is 6.70. The molecule has 0 aromatic heterocycles. The molecule has 0 aliphatic heterocycles. The smallest absolute Gasteiger partial charge is 0.317 e. The summed E-state index contributed by atoms with van der Waals surface area (Å²) in [4.78, 5) is 13.9. The molecule has 0 unspecified atom stereocenters. The van der Waals surface area contributed by atoms with Crippen molar-refractivity contribution < 1.29 is 14.3 Å². The van der Waals surface area contributed by atoms with E-state index < -0.39 is 0 Å². The Bertz CT molecular complexity index is 432. The number of ether oxygens (including phenoxy) is 2. The van der Waals surface area contributed by atoms with Gasteiger partial charge in [0.1, 0.15) is 18.1 Å². The fraction of sp³-hybridized carbons (Fsp3) is 0.588. The highest BCUT2D eigenvalue weighted by Gasteiger charge is 2.10. The fourth-order valence-corrected chi connectivity index (χ4v) is 2.11. The van der Waals surface area contributed by atoms with Gasteiger partial charge in [-0.2, -0.15) is 0 Å². The zero-order valence-corrected chi connectivity index (χ0v) is 13.9. The molecular formula is C17H28N2O3. The average Bonchev–Trinajstić information content (AvgIpc) is 2.52. The lowest BCUT2D eigenvalue weighted by Gasteiger charge is -2.21. The van der Waals surface area contributed by atoms with Crippen molar-refractivity contribution in [1.82, 2.24) is 10.2 Å². The van der Waals surface area contributed by atoms with Crippen LogP contribution in [0.15, 0.2) is 24.3 Å². The van der Waals surface area contributed by atoms with Crippen LogP contribution in [0.5, 0.6) is 11.5 Å². The summed E-state index contributed by atoms with van der Waals surface area (Å²) in [6, 6.07) is 7.50. The zero-order chi connectivity index (χ0) is 16.2. The molecule has 0 radical (unpaired) electrons. The molecule has 22 heavy (non-hydrogen) atoms. The number of benzene rings is 1. The molecule has 1 rings (SSSR count). The molecule has 1 aromatic rings. The van der Waals surface area contributed by atoms with E-state index >= 15 is 0 Å². The second kappa shape index (κ2) is 10.8. The molecule has 0 atom stereocenters. The van der Waals surface area contributed by atoms with Gasteiger partial charge >= 0.3 is 6.03 Å². The topological polar surface area (TPSA) is 50.8 Å². The lowest BCUT2D eigenvalue weighted by molar-refractivity contribution is 0.194. The van der Waals surface area contributed by atoms with E-state index in [-0.39, 0.29) is 6.03 Å². The summed E-state index contributed by atoms with van der Waals surface area (Å²) in [6.07, 6.45) is 1.93. The van der Waals surface area contributed by atoms with E-state index in [4.69, 9.17) is 9.47 Å². The first-order chi connectivity index (χ1) is 10.7. The number of hydrogen-bond acceptors (Lipinski definition) is 3. The maximum Gasteiger partial charge on any atom is 0.317 e. The van der Waals surface area contributed by atoms with Crippen LogP contribution in [0.3, 0.4) is 0 Å². The number of urea groups is 1. The molecule has 0 heterocycles. The summed E-state index contributed by atoms with van der Waals surface area (Å²) < 4.78 is 11.0. The van der Waals surface area contributed by atoms with Crippen molar-refractivity contribution in [3.8, 4) is 11.5 Å². The Morgan fingerprint density at radius 3 is 2.32 bits per heavy atom. The third-order valence-electron chi connectivity index (χ3n) is 3.04. The molecule has 2 amide bonds. The summed E-state index contributed by atoms with van der Waals surface area (Å²) in [5.74, 6) is 1.54. The second-order valence-corrected chi connectivity index (χ2v) is 4.98. The number of carbonyl (C=O) groups excluding carboxylic acids is 1. The van der Waals surface area contributed by atoms with Crippen molar-refractivity contribution in [3.63, 3.8) is 0 Å². The minimum atomic E-state index is -0.0182. The standard InChI is InChI=1S/C17H28N2O3/c1-4-11-19(12-5-2)17(20)18-10-13-22-16-9-7-8-15(14-16)21-6-3/h7-9,14H,4-6,10-13H2,1-3H3,(H,18,20). The first kappa shape index (κ1) is 18.1. The van der Waals surface area contributed by atoms with Crippen molar-refractivity contribution in [2.45, 2.75) is 33.6 Å². The van der Waals surface area contributed by atoms with Gasteiger partial charge in [0.05, 0.1) is 13.2 Å². The number of amides is 2. The van der Waals surface area contributed by atoms with Crippen molar-refractivity contribution in [3.05, 3.63) is 24.3 Å². The van der Waals surface area contributed by atoms with Gasteiger partial charge in [-0.3, -0.25) is 0 Å². The number of nitrogens with zero attached hydrogens (tertiary/aromatic N) is 1. The summed E-state index contributed by atoms with van der Waals surface area (Å²) in [7, 11) is 0. The fourth-order valence-electron chi connectivity index (χ4n) is 2.11. The predicted molar refractivity (Wildman–Crippen MR) is 88.7 cm³/mol. The molecule has 0 bridgehead atoms. The van der Waals surface area contributed by atoms with E-state index in [0.29, 0.717) is 19.8 Å². The zero-order valence-electron chi connectivity index (χ0n) is 13.9. The first-order valence-corrected chi connectivity index (χ1v) is 8.09. The van der Waals surface area contributed by atoms with Gasteiger partial charge in [0.15, 0.2) is 0 Å². The molecule has 5 nitrogen and oxygen atoms in total. The third-order valence-corrected chi connectivity index (χ3v) is 3.04. The lowest BCUT2D eigenvalue weighted by atomic mass is 10.3. The Hall–Kier alpha value is -1.91. The summed E-state index contributed by atoms with van der Waals surface area (Å²) in [6.45, 7) is 9.23. The summed E-state index contributed by atoms with van der Waals surface area (Å²) in [5, 5.41) is 2.89. The summed E-state index contributed by atoms with van der Waals surface area (Å²) >= 11 is 0. The second-order valence-electron chi connectivity index (χ2n) is 4.98. The normalized spacial score (nSPS) is 10.1. The molecule has 0 spiro atoms. The van der Waals surface area contributed by atoms with Gasteiger partial charge in [-0.05, 0) is 31.9 Å². The number of rotatable bonds is 10. The van der Waals surface area contributed by atoms with Gasteiger partial charge < -0.3 is 19.7 Å². The Balaban J connectivity index is 2.31. The Labute approximate surface area is 133 Å². The van der Waals surface area contributed by atoms with Crippen LogP contribution in [0.25, 0.3) is 0 Å². The Morgan fingerprint density at radius 1 is 1.09 bits per heavy atom. The van der Waals surface area contributed by atoms with E-state index in [2.05, 4.69) is 19.2 Å². The molecule has 1 aromatic carbocycles. The van der Waals surface area contributed by atoms with Crippen molar-refractivity contribution in [2.24, 2.45) is 0 Å². The number of nitrogens with one attached hydrogen (secondary N) is 1. The molecule has 0 saturated carbocycles. The predicted octanol–water partition coefficient (Wildman–Crippen LogP) is 3.30. The minimum absolute atomic E-state index is 0.0182. The van der Waals surface area contributed by atoms with Gasteiger partial charge in [0.2, 0.25) is 0 Å². The first-order valence-electron chi connectivity index (χ1n) is 8.09. The molecule has 124 valence electrons. The van der Waals surface area contributed by atoms with Gasteiger partial charge in [-0.25, -0.2) is 4.79 Å². The van der Waals surface area contributed by atoms with Gasteiger partial charge in [-0.1, -0.05) is 19.9 Å². The Kier molecular flexibility index (Phi) is 8.88. The summed E-state index contributed by atoms with van der Waals surface area (Å²) in [5.41, 5.74) is 0. The van der Waals surface area contributed by atoms with Crippen molar-refractivity contribution in [2.75, 3.05) is 32.8 Å². The molecule has 0 aliphatic rings. The van der Waals surface area contributed by atoms with Crippen LogP contribution in [0, 0.1) is 0 Å². The highest BCUT2D eigenvalue weighted by Crippen LogP contribution is 2.19. The van der Waals surface area contributed by atoms with E-state index in [1.807, 2.05) is 36.1 Å². The van der Waals surface area contributed by atoms with E-state index in [9.17, 15) is 4.79 Å². The van der Waals surface area contributed by atoms with E-state index in [1.54, 1.807) is 0 Å². The van der Waals surface area contributed by atoms with Crippen LogP contribution < -0.4 is 14.8 Å². The monoisotopic (exact) mass is 308 g/mol. The quantitative estimate of drug-likeness (QED) is 0.675. The van der Waals surface area contributed by atoms with Crippen molar-refractivity contribution in [1.29, 1.82) is 0 Å². The van der Waals surface area contributed by atoms with Crippen LogP contribution in [0.2, 0.25) is 0 Å². The molecular weight excluding hydrogens is 280 g/mol. The van der Waals surface area contributed by atoms with Crippen LogP contribution in [0.1, 0.15) is 33.6 Å². The number of carbonyl (C=O) groups is 1. The maximum atomic E-state index is 12.0. The van der Waals surface area contributed by atoms with Crippen LogP contribution in [0.4, 0.5) is 4.79 Å². The lowest BCUT2D eigenvalue weighted by Crippen LogP contribution is -2.42. The van der Waals surface area contributed by atoms with Gasteiger partial charge in [0, 0.05) is 19.2 Å². The largest absolute Gasteiger partial charge is 0.494 e. The van der Waals surface area contributed by atoms with Crippen LogP contribution >= 0.6 is 0 Å². The van der Waals surface area contributed by atoms with E-state index in [1.165, 1.54) is 0 Å². The molecule has 0 fully saturated rings. The van der Waals surface area contributed by atoms with E-state index in [0.717, 1.165) is 37.4 Å². The number of hydrogen-bond donors (Lipinski definition) is 1. The van der Waals surface area contributed by atoms with Gasteiger partial charge in [-0.15, -0.1) is 0 Å². The minimum Gasteiger partial charge on any atom is -0.494 e. The molecule has 1 N–H and O–H groups in total. The average molecular weight is 308 g/mol.